The first-order valence-electron chi connectivity index (χ1n) is 11.1. The van der Waals surface area contributed by atoms with Crippen LogP contribution >= 0.6 is 0 Å². The third kappa shape index (κ3) is 3.50. The molecular weight excluding hydrogens is 398 g/mol. The number of fused-ring (bicyclic) bond motifs is 3. The molecule has 0 radical (unpaired) electrons. The Morgan fingerprint density at radius 2 is 1.81 bits per heavy atom. The van der Waals surface area contributed by atoms with E-state index in [0.717, 1.165) is 46.6 Å². The fourth-order valence-corrected chi connectivity index (χ4v) is 4.73. The maximum Gasteiger partial charge on any atom is 0.322 e. The molecule has 162 valence electrons. The lowest BCUT2D eigenvalue weighted by molar-refractivity contribution is 0.193. The van der Waals surface area contributed by atoms with E-state index in [1.54, 1.807) is 7.11 Å². The molecule has 0 bridgehead atoms. The Balaban J connectivity index is 1.57. The number of anilines is 1. The Kier molecular flexibility index (Phi) is 5.31. The van der Waals surface area contributed by atoms with Gasteiger partial charge in [0.15, 0.2) is 0 Å². The van der Waals surface area contributed by atoms with E-state index < -0.39 is 0 Å². The molecule has 1 aliphatic heterocycles. The van der Waals surface area contributed by atoms with E-state index in [9.17, 15) is 4.79 Å². The fraction of sp³-hybridized carbons (Fsp3) is 0.222. The molecule has 2 N–H and O–H groups in total. The van der Waals surface area contributed by atoms with E-state index in [0.29, 0.717) is 6.54 Å². The number of H-pyrrole nitrogens is 1. The van der Waals surface area contributed by atoms with Crippen molar-refractivity contribution in [1.29, 1.82) is 0 Å². The highest BCUT2D eigenvalue weighted by Crippen LogP contribution is 2.39. The van der Waals surface area contributed by atoms with Gasteiger partial charge in [-0.3, -0.25) is 0 Å². The van der Waals surface area contributed by atoms with E-state index >= 15 is 0 Å². The van der Waals surface area contributed by atoms with Gasteiger partial charge in [-0.15, -0.1) is 0 Å². The second-order valence-corrected chi connectivity index (χ2v) is 8.12. The number of urea groups is 1. The summed E-state index contributed by atoms with van der Waals surface area (Å²) in [6.07, 6.45) is 1.68. The molecule has 32 heavy (non-hydrogen) atoms. The third-order valence-electron chi connectivity index (χ3n) is 6.37. The topological polar surface area (TPSA) is 57.4 Å². The van der Waals surface area contributed by atoms with Crippen molar-refractivity contribution < 1.29 is 9.53 Å². The normalized spacial score (nSPS) is 15.4. The zero-order valence-electron chi connectivity index (χ0n) is 18.4. The second kappa shape index (κ2) is 8.42. The summed E-state index contributed by atoms with van der Waals surface area (Å²) in [5.74, 6) is 0.800. The van der Waals surface area contributed by atoms with Gasteiger partial charge in [-0.2, -0.15) is 0 Å². The Labute approximate surface area is 188 Å². The fourth-order valence-electron chi connectivity index (χ4n) is 4.73. The number of carbonyl (C=O) groups excluding carboxylic acids is 1. The molecule has 5 heteroatoms. The molecule has 0 saturated carbocycles. The summed E-state index contributed by atoms with van der Waals surface area (Å²) in [6.45, 7) is 2.74. The van der Waals surface area contributed by atoms with Crippen molar-refractivity contribution in [2.24, 2.45) is 0 Å². The molecule has 1 aliphatic rings. The van der Waals surface area contributed by atoms with Gasteiger partial charge in [-0.05, 0) is 53.8 Å². The number of nitrogens with one attached hydrogen (secondary N) is 2. The van der Waals surface area contributed by atoms with E-state index in [2.05, 4.69) is 41.5 Å². The van der Waals surface area contributed by atoms with Crippen LogP contribution in [0, 0.1) is 0 Å². The third-order valence-corrected chi connectivity index (χ3v) is 6.37. The van der Waals surface area contributed by atoms with Gasteiger partial charge in [0, 0.05) is 28.8 Å². The van der Waals surface area contributed by atoms with Gasteiger partial charge in [0.2, 0.25) is 0 Å². The molecule has 5 nitrogen and oxygen atoms in total. The van der Waals surface area contributed by atoms with E-state index in [1.165, 1.54) is 10.9 Å². The van der Waals surface area contributed by atoms with Gasteiger partial charge in [0.1, 0.15) is 5.75 Å². The first kappa shape index (κ1) is 20.2. The maximum absolute atomic E-state index is 13.5. The molecule has 5 rings (SSSR count). The summed E-state index contributed by atoms with van der Waals surface area (Å²) in [5, 5.41) is 4.40. The van der Waals surface area contributed by atoms with Crippen LogP contribution in [-0.4, -0.2) is 29.6 Å². The molecule has 2 amide bonds. The summed E-state index contributed by atoms with van der Waals surface area (Å²) < 4.78 is 5.35. The summed E-state index contributed by atoms with van der Waals surface area (Å²) in [6, 6.07) is 24.1. The highest BCUT2D eigenvalue weighted by atomic mass is 16.5. The van der Waals surface area contributed by atoms with Crippen LogP contribution in [0.4, 0.5) is 10.5 Å². The zero-order valence-corrected chi connectivity index (χ0v) is 18.4. The molecule has 0 saturated heterocycles. The molecule has 3 aromatic carbocycles. The Morgan fingerprint density at radius 3 is 2.59 bits per heavy atom. The zero-order chi connectivity index (χ0) is 22.1. The smallest absolute Gasteiger partial charge is 0.322 e. The number of amides is 2. The number of para-hydroxylation sites is 2. The van der Waals surface area contributed by atoms with Crippen LogP contribution in [0.25, 0.3) is 10.9 Å². The average Bonchev–Trinajstić information content (AvgIpc) is 3.22. The van der Waals surface area contributed by atoms with Crippen molar-refractivity contribution in [2.45, 2.75) is 25.8 Å². The van der Waals surface area contributed by atoms with E-state index in [1.807, 2.05) is 53.4 Å². The number of benzene rings is 3. The molecule has 0 aliphatic carbocycles. The van der Waals surface area contributed by atoms with Crippen molar-refractivity contribution in [3.05, 3.63) is 95.2 Å². The lowest BCUT2D eigenvalue weighted by Crippen LogP contribution is -2.43. The molecular formula is C27H27N3O2. The number of aromatic nitrogens is 1. The van der Waals surface area contributed by atoms with E-state index in [-0.39, 0.29) is 12.1 Å². The number of ether oxygens (including phenoxy) is 1. The van der Waals surface area contributed by atoms with Crippen LogP contribution in [0.3, 0.4) is 0 Å². The largest absolute Gasteiger partial charge is 0.497 e. The average molecular weight is 426 g/mol. The summed E-state index contributed by atoms with van der Waals surface area (Å²) in [4.78, 5) is 19.1. The lowest BCUT2D eigenvalue weighted by Gasteiger charge is -2.36. The van der Waals surface area contributed by atoms with Crippen molar-refractivity contribution in [2.75, 3.05) is 19.0 Å². The number of hydrogen-bond donors (Lipinski definition) is 2. The first-order valence-corrected chi connectivity index (χ1v) is 11.1. The van der Waals surface area contributed by atoms with Crippen LogP contribution in [0.5, 0.6) is 5.75 Å². The maximum atomic E-state index is 13.5. The Hall–Kier alpha value is -3.73. The number of rotatable bonds is 4. The van der Waals surface area contributed by atoms with Crippen LogP contribution in [-0.2, 0) is 12.8 Å². The van der Waals surface area contributed by atoms with Gasteiger partial charge in [0.05, 0.1) is 13.2 Å². The number of aryl methyl sites for hydroxylation is 1. The minimum Gasteiger partial charge on any atom is -0.497 e. The standard InChI is InChI=1S/C27H27N3O2/c1-3-18-8-4-6-10-23(18)29-27(31)30-17-16-22-21-9-5-7-11-24(21)28-25(22)26(30)19-12-14-20(32-2)15-13-19/h4-15,26,28H,3,16-17H2,1-2H3,(H,29,31)/t26-/m1/s1. The first-order chi connectivity index (χ1) is 15.7. The summed E-state index contributed by atoms with van der Waals surface area (Å²) in [7, 11) is 1.66. The highest BCUT2D eigenvalue weighted by molar-refractivity contribution is 5.92. The molecule has 0 spiro atoms. The highest BCUT2D eigenvalue weighted by Gasteiger charge is 2.34. The predicted molar refractivity (Wildman–Crippen MR) is 128 cm³/mol. The molecule has 1 aromatic heterocycles. The number of nitrogens with zero attached hydrogens (tertiary/aromatic N) is 1. The van der Waals surface area contributed by atoms with Gasteiger partial charge in [-0.25, -0.2) is 4.79 Å². The van der Waals surface area contributed by atoms with Crippen molar-refractivity contribution in [3.8, 4) is 5.75 Å². The molecule has 0 unspecified atom stereocenters. The summed E-state index contributed by atoms with van der Waals surface area (Å²) in [5.41, 5.74) is 6.54. The van der Waals surface area contributed by atoms with Gasteiger partial charge in [-0.1, -0.05) is 55.5 Å². The van der Waals surface area contributed by atoms with Crippen molar-refractivity contribution >= 4 is 22.6 Å². The Bertz CT molecular complexity index is 1260. The quantitative estimate of drug-likeness (QED) is 0.426. The predicted octanol–water partition coefficient (Wildman–Crippen LogP) is 5.92. The number of methoxy groups -OCH3 is 1. The van der Waals surface area contributed by atoms with Gasteiger partial charge >= 0.3 is 6.03 Å². The molecule has 4 aromatic rings. The van der Waals surface area contributed by atoms with E-state index in [4.69, 9.17) is 4.74 Å². The second-order valence-electron chi connectivity index (χ2n) is 8.12. The molecule has 0 fully saturated rings. The minimum absolute atomic E-state index is 0.0870. The van der Waals surface area contributed by atoms with Crippen LogP contribution in [0.1, 0.15) is 35.3 Å². The lowest BCUT2D eigenvalue weighted by atomic mass is 9.92. The van der Waals surface area contributed by atoms with Gasteiger partial charge in [0.25, 0.3) is 0 Å². The number of aromatic amines is 1. The van der Waals surface area contributed by atoms with Crippen LogP contribution < -0.4 is 10.1 Å². The van der Waals surface area contributed by atoms with Crippen LogP contribution in [0.2, 0.25) is 0 Å². The van der Waals surface area contributed by atoms with Gasteiger partial charge < -0.3 is 19.9 Å². The van der Waals surface area contributed by atoms with Crippen LogP contribution in [0.15, 0.2) is 72.8 Å². The van der Waals surface area contributed by atoms with Crippen molar-refractivity contribution in [3.63, 3.8) is 0 Å². The minimum atomic E-state index is -0.203. The summed E-state index contributed by atoms with van der Waals surface area (Å²) >= 11 is 0. The number of carbonyl (C=O) groups is 1. The Morgan fingerprint density at radius 1 is 1.06 bits per heavy atom. The number of hydrogen-bond acceptors (Lipinski definition) is 2. The van der Waals surface area contributed by atoms with Crippen molar-refractivity contribution in [1.82, 2.24) is 9.88 Å². The molecule has 1 atom stereocenters. The monoisotopic (exact) mass is 425 g/mol. The SMILES string of the molecule is CCc1ccccc1NC(=O)N1CCc2c([nH]c3ccccc23)[C@H]1c1ccc(OC)cc1. The molecule has 2 heterocycles.